The van der Waals surface area contributed by atoms with E-state index < -0.39 is 24.3 Å². The minimum atomic E-state index is -0.494. The van der Waals surface area contributed by atoms with Crippen LogP contribution in [0.4, 0.5) is 0 Å². The van der Waals surface area contributed by atoms with Crippen LogP contribution >= 0.6 is 0 Å². The fourth-order valence-corrected chi connectivity index (χ4v) is 3.36. The van der Waals surface area contributed by atoms with E-state index in [2.05, 4.69) is 0 Å². The molecule has 0 radical (unpaired) electrons. The molecule has 0 spiro atoms. The number of carbonyl (C=O) groups is 2. The molecule has 3 rings (SSSR count). The van der Waals surface area contributed by atoms with Crippen LogP contribution in [0.3, 0.4) is 0 Å². The molecule has 0 aromatic heterocycles. The van der Waals surface area contributed by atoms with Gasteiger partial charge in [-0.25, -0.2) is 4.79 Å². The summed E-state index contributed by atoms with van der Waals surface area (Å²) in [6, 6.07) is 8.82. The van der Waals surface area contributed by atoms with Gasteiger partial charge in [-0.05, 0) is 24.5 Å². The van der Waals surface area contributed by atoms with Crippen LogP contribution in [0, 0.1) is 81.4 Å². The standard InChI is InChI=1S/C22H28O8.2U/c1-4-17-21(29-15(3)23)20(12-26-17)28-13-25-10-18-14(2)19(11-27-18)30-22(24)16-8-6-5-7-9-16;;/h5-9,11-12,14,17-21H,4,10,13H2,1-3H3;;/q-2;;/t14-,17+,18+,19?,20?,21-;;/m0../s1. The Morgan fingerprint density at radius 2 is 1.66 bits per heavy atom. The van der Waals surface area contributed by atoms with Crippen molar-refractivity contribution in [3.63, 3.8) is 0 Å². The molecule has 8 nitrogen and oxygen atoms in total. The largest absolute Gasteiger partial charge is 0.544 e. The maximum absolute atomic E-state index is 12.2. The molecule has 0 saturated carbocycles. The van der Waals surface area contributed by atoms with E-state index in [0.717, 1.165) is 0 Å². The second-order valence-electron chi connectivity index (χ2n) is 7.32. The van der Waals surface area contributed by atoms with E-state index in [1.807, 2.05) is 19.9 Å². The van der Waals surface area contributed by atoms with Gasteiger partial charge in [0.15, 0.2) is 0 Å². The number of hydrogen-bond acceptors (Lipinski definition) is 8. The van der Waals surface area contributed by atoms with Gasteiger partial charge in [-0.2, -0.15) is 13.2 Å². The zero-order chi connectivity index (χ0) is 21.5. The van der Waals surface area contributed by atoms with Crippen molar-refractivity contribution in [3.05, 3.63) is 49.1 Å². The normalized spacial score (nSPS) is 29.0. The molecule has 32 heavy (non-hydrogen) atoms. The average molecular weight is 897 g/mol. The first-order valence-electron chi connectivity index (χ1n) is 10.1. The van der Waals surface area contributed by atoms with Gasteiger partial charge in [0.1, 0.15) is 12.9 Å². The van der Waals surface area contributed by atoms with Crippen molar-refractivity contribution in [2.75, 3.05) is 13.4 Å². The van der Waals surface area contributed by atoms with Gasteiger partial charge in [0.25, 0.3) is 0 Å². The van der Waals surface area contributed by atoms with Crippen molar-refractivity contribution in [2.45, 2.75) is 57.7 Å². The molecule has 0 bridgehead atoms. The number of ether oxygens (including phenoxy) is 6. The van der Waals surface area contributed by atoms with E-state index >= 15 is 0 Å². The summed E-state index contributed by atoms with van der Waals surface area (Å²) in [6.07, 6.45) is -1.24. The van der Waals surface area contributed by atoms with Crippen molar-refractivity contribution in [1.82, 2.24) is 0 Å². The van der Waals surface area contributed by atoms with E-state index in [0.29, 0.717) is 12.0 Å². The van der Waals surface area contributed by atoms with Crippen LogP contribution in [-0.2, 0) is 33.2 Å². The third-order valence-corrected chi connectivity index (χ3v) is 5.15. The Balaban J connectivity index is 0.00000256. The second kappa shape index (κ2) is 15.2. The van der Waals surface area contributed by atoms with Gasteiger partial charge in [0, 0.05) is 81.4 Å². The Hall–Kier alpha value is 0.104. The Labute approximate surface area is 236 Å². The molecule has 0 aliphatic carbocycles. The van der Waals surface area contributed by atoms with Crippen LogP contribution in [0.2, 0.25) is 0 Å². The molecular formula is C22H28O8U2-2. The maximum Gasteiger partial charge on any atom is 0.335 e. The predicted molar refractivity (Wildman–Crippen MR) is 105 cm³/mol. The summed E-state index contributed by atoms with van der Waals surface area (Å²) < 4.78 is 33.2. The van der Waals surface area contributed by atoms with Gasteiger partial charge >= 0.3 is 11.9 Å². The van der Waals surface area contributed by atoms with Gasteiger partial charge in [-0.1, -0.05) is 32.0 Å². The number of benzene rings is 1. The van der Waals surface area contributed by atoms with Crippen molar-refractivity contribution in [2.24, 2.45) is 5.92 Å². The Kier molecular flexibility index (Phi) is 14.3. The molecule has 2 saturated heterocycles. The third-order valence-electron chi connectivity index (χ3n) is 5.15. The summed E-state index contributed by atoms with van der Waals surface area (Å²) >= 11 is 0. The molecule has 2 aliphatic heterocycles. The van der Waals surface area contributed by atoms with Crippen LogP contribution in [-0.4, -0.2) is 55.9 Å². The number of esters is 2. The summed E-state index contributed by atoms with van der Waals surface area (Å²) in [5.41, 5.74) is 0.494. The zero-order valence-corrected chi connectivity index (χ0v) is 26.7. The Morgan fingerprint density at radius 1 is 1.00 bits per heavy atom. The monoisotopic (exact) mass is 896 g/mol. The van der Waals surface area contributed by atoms with Crippen LogP contribution in [0.25, 0.3) is 0 Å². The van der Waals surface area contributed by atoms with Gasteiger partial charge in [0.05, 0.1) is 24.4 Å². The van der Waals surface area contributed by atoms with Crippen LogP contribution in [0.15, 0.2) is 30.3 Å². The predicted octanol–water partition coefficient (Wildman–Crippen LogP) is 2.67. The Morgan fingerprint density at radius 3 is 2.31 bits per heavy atom. The molecule has 2 aliphatic rings. The van der Waals surface area contributed by atoms with Crippen molar-refractivity contribution in [3.8, 4) is 0 Å². The van der Waals surface area contributed by atoms with E-state index in [4.69, 9.17) is 28.4 Å². The molecule has 1 aromatic carbocycles. The Bertz CT molecular complexity index is 704. The first-order chi connectivity index (χ1) is 14.5. The molecule has 2 fully saturated rings. The van der Waals surface area contributed by atoms with E-state index in [1.165, 1.54) is 20.1 Å². The number of hydrogen-bond donors (Lipinski definition) is 0. The minimum Gasteiger partial charge on any atom is -0.544 e. The molecule has 174 valence electrons. The van der Waals surface area contributed by atoms with E-state index in [-0.39, 0.29) is 99.7 Å². The summed E-state index contributed by atoms with van der Waals surface area (Å²) in [5.74, 6) is -0.847. The van der Waals surface area contributed by atoms with Gasteiger partial charge in [-0.15, -0.1) is 0 Å². The van der Waals surface area contributed by atoms with Gasteiger partial charge in [-0.3, -0.25) is 4.79 Å². The summed E-state index contributed by atoms with van der Waals surface area (Å²) in [7, 11) is 0. The first kappa shape index (κ1) is 30.1. The maximum atomic E-state index is 12.2. The van der Waals surface area contributed by atoms with Crippen molar-refractivity contribution < 1.29 is 100 Å². The van der Waals surface area contributed by atoms with Crippen LogP contribution < -0.4 is 0 Å². The molecule has 2 heterocycles. The fourth-order valence-electron chi connectivity index (χ4n) is 3.36. The fraction of sp³-hybridized carbons (Fsp3) is 0.545. The summed E-state index contributed by atoms with van der Waals surface area (Å²) in [6.45, 7) is 8.55. The summed E-state index contributed by atoms with van der Waals surface area (Å²) in [4.78, 5) is 23.5. The van der Waals surface area contributed by atoms with Crippen molar-refractivity contribution in [1.29, 1.82) is 0 Å². The topological polar surface area (TPSA) is 89.5 Å². The van der Waals surface area contributed by atoms with Gasteiger partial charge < -0.3 is 28.4 Å². The first-order valence-corrected chi connectivity index (χ1v) is 10.1. The molecule has 2 unspecified atom stereocenters. The average Bonchev–Trinajstić information content (AvgIpc) is 3.29. The molecule has 10 heteroatoms. The number of carbonyl (C=O) groups excluding carboxylic acids is 2. The zero-order valence-electron chi connectivity index (χ0n) is 18.4. The molecule has 1 aromatic rings. The summed E-state index contributed by atoms with van der Waals surface area (Å²) in [5, 5.41) is 0. The number of rotatable bonds is 9. The quantitative estimate of drug-likeness (QED) is 0.162. The third kappa shape index (κ3) is 8.40. The molecule has 6 atom stereocenters. The smallest absolute Gasteiger partial charge is 0.335 e. The van der Waals surface area contributed by atoms with Gasteiger partial charge in [0.2, 0.25) is 0 Å². The van der Waals surface area contributed by atoms with Crippen LogP contribution in [0.1, 0.15) is 37.6 Å². The van der Waals surface area contributed by atoms with E-state index in [1.54, 1.807) is 24.3 Å². The molecule has 0 N–H and O–H groups in total. The van der Waals surface area contributed by atoms with Crippen LogP contribution in [0.5, 0.6) is 0 Å². The molecular weight excluding hydrogens is 868 g/mol. The van der Waals surface area contributed by atoms with E-state index in [9.17, 15) is 9.59 Å². The second-order valence-corrected chi connectivity index (χ2v) is 7.32. The molecule has 0 amide bonds. The SMILES string of the molecule is CC[C@H]1O[CH-]C(OCOC[C@H]2O[CH-]C(OC(=O)c3ccccc3)[C@H]2C)[C@H]1OC(C)=O.[U].[U]. The van der Waals surface area contributed by atoms with Crippen molar-refractivity contribution >= 4 is 11.9 Å². The minimum absolute atomic E-state index is 0.